The van der Waals surface area contributed by atoms with E-state index in [0.717, 1.165) is 16.2 Å². The first-order valence-corrected chi connectivity index (χ1v) is 7.40. The smallest absolute Gasteiger partial charge is 0.274 e. The van der Waals surface area contributed by atoms with Gasteiger partial charge in [-0.25, -0.2) is 0 Å². The van der Waals surface area contributed by atoms with Gasteiger partial charge in [-0.2, -0.15) is 4.39 Å². The molecular weight excluding hydrogens is 335 g/mol. The molecule has 0 aliphatic heterocycles. The molecule has 24 heavy (non-hydrogen) atoms. The lowest BCUT2D eigenvalue weighted by molar-refractivity contribution is 0.305. The molecule has 7 heteroatoms. The molecule has 3 rings (SSSR count). The molecule has 1 N–H and O–H groups in total. The molecule has 0 atom stereocenters. The number of halogens is 2. The fourth-order valence-electron chi connectivity index (χ4n) is 2.13. The molecule has 0 radical (unpaired) electrons. The molecule has 0 saturated heterocycles. The van der Waals surface area contributed by atoms with Crippen LogP contribution >= 0.6 is 11.6 Å². The number of aromatic amines is 1. The number of hydrogen-bond donors (Lipinski definition) is 1. The molecule has 0 amide bonds. The molecule has 0 spiro atoms. The summed E-state index contributed by atoms with van der Waals surface area (Å²) in [5.74, 6) is -0.399. The molecule has 0 fully saturated rings. The lowest BCUT2D eigenvalue weighted by atomic mass is 10.2. The highest BCUT2D eigenvalue weighted by molar-refractivity contribution is 6.30. The molecule has 122 valence electrons. The maximum absolute atomic E-state index is 12.9. The highest BCUT2D eigenvalue weighted by atomic mass is 35.5. The van der Waals surface area contributed by atoms with Crippen LogP contribution in [0.4, 0.5) is 4.39 Å². The number of ether oxygens (including phenoxy) is 1. The Morgan fingerprint density at radius 3 is 2.50 bits per heavy atom. The van der Waals surface area contributed by atoms with Crippen molar-refractivity contribution in [3.05, 3.63) is 92.0 Å². The van der Waals surface area contributed by atoms with Crippen LogP contribution in [0, 0.1) is 5.95 Å². The summed E-state index contributed by atoms with van der Waals surface area (Å²) in [5.41, 5.74) is -0.211. The van der Waals surface area contributed by atoms with E-state index in [4.69, 9.17) is 16.3 Å². The summed E-state index contributed by atoms with van der Waals surface area (Å²) in [7, 11) is 0. The van der Waals surface area contributed by atoms with Gasteiger partial charge in [-0.05, 0) is 35.9 Å². The number of nitrogens with zero attached hydrogens (tertiary/aromatic N) is 1. The number of H-pyrrole nitrogens is 1. The van der Waals surface area contributed by atoms with Crippen LogP contribution in [-0.2, 0) is 6.61 Å². The number of nitrogens with one attached hydrogen (secondary N) is 1. The summed E-state index contributed by atoms with van der Waals surface area (Å²) in [4.78, 5) is 25.9. The zero-order valence-corrected chi connectivity index (χ0v) is 13.1. The first kappa shape index (κ1) is 16.0. The Kier molecular flexibility index (Phi) is 4.48. The maximum Gasteiger partial charge on any atom is 0.274 e. The predicted molar refractivity (Wildman–Crippen MR) is 88.4 cm³/mol. The first-order valence-electron chi connectivity index (χ1n) is 7.02. The summed E-state index contributed by atoms with van der Waals surface area (Å²) in [6, 6.07) is 12.3. The third kappa shape index (κ3) is 3.55. The summed E-state index contributed by atoms with van der Waals surface area (Å²) in [6.07, 6.45) is 1.40. The van der Waals surface area contributed by atoms with Crippen molar-refractivity contribution >= 4 is 11.6 Å². The normalized spacial score (nSPS) is 10.6. The van der Waals surface area contributed by atoms with E-state index in [1.165, 1.54) is 18.3 Å². The fourth-order valence-corrected chi connectivity index (χ4v) is 2.25. The van der Waals surface area contributed by atoms with Gasteiger partial charge in [-0.1, -0.05) is 23.7 Å². The van der Waals surface area contributed by atoms with Crippen LogP contribution in [0.15, 0.2) is 64.3 Å². The number of benzene rings is 1. The van der Waals surface area contributed by atoms with Crippen LogP contribution in [0.3, 0.4) is 0 Å². The Balaban J connectivity index is 1.81. The molecule has 0 bridgehead atoms. The predicted octanol–water partition coefficient (Wildman–Crippen LogP) is 2.90. The summed E-state index contributed by atoms with van der Waals surface area (Å²) < 4.78 is 19.6. The SMILES string of the molecule is O=c1[nH]c(F)ccc1-n1ccc(OCc2ccc(Cl)cc2)cc1=O. The molecule has 0 aliphatic rings. The van der Waals surface area contributed by atoms with Gasteiger partial charge >= 0.3 is 0 Å². The van der Waals surface area contributed by atoms with E-state index in [-0.39, 0.29) is 12.3 Å². The first-order chi connectivity index (χ1) is 11.5. The van der Waals surface area contributed by atoms with Crippen molar-refractivity contribution in [2.75, 3.05) is 0 Å². The van der Waals surface area contributed by atoms with E-state index in [2.05, 4.69) is 0 Å². The van der Waals surface area contributed by atoms with E-state index in [1.54, 1.807) is 18.2 Å². The maximum atomic E-state index is 12.9. The summed E-state index contributed by atoms with van der Waals surface area (Å²) >= 11 is 5.81. The minimum atomic E-state index is -0.764. The van der Waals surface area contributed by atoms with Gasteiger partial charge in [0.25, 0.3) is 11.1 Å². The number of pyridine rings is 2. The highest BCUT2D eigenvalue weighted by Crippen LogP contribution is 2.13. The van der Waals surface area contributed by atoms with Crippen molar-refractivity contribution in [2.24, 2.45) is 0 Å². The average molecular weight is 347 g/mol. The van der Waals surface area contributed by atoms with Gasteiger partial charge in [0, 0.05) is 17.3 Å². The van der Waals surface area contributed by atoms with Gasteiger partial charge in [0.2, 0.25) is 0 Å². The second-order valence-corrected chi connectivity index (χ2v) is 5.44. The quantitative estimate of drug-likeness (QED) is 0.739. The Morgan fingerprint density at radius 1 is 1.08 bits per heavy atom. The summed E-state index contributed by atoms with van der Waals surface area (Å²) in [6.45, 7) is 0.276. The van der Waals surface area contributed by atoms with Gasteiger partial charge in [-0.15, -0.1) is 0 Å². The Morgan fingerprint density at radius 2 is 1.83 bits per heavy atom. The van der Waals surface area contributed by atoms with Gasteiger partial charge in [0.15, 0.2) is 5.95 Å². The number of hydrogen-bond acceptors (Lipinski definition) is 3. The largest absolute Gasteiger partial charge is 0.489 e. The second kappa shape index (κ2) is 6.72. The van der Waals surface area contributed by atoms with E-state index in [1.807, 2.05) is 17.1 Å². The topological polar surface area (TPSA) is 64.1 Å². The molecule has 0 aliphatic carbocycles. The van der Waals surface area contributed by atoms with Crippen molar-refractivity contribution in [3.63, 3.8) is 0 Å². The van der Waals surface area contributed by atoms with Crippen LogP contribution < -0.4 is 15.9 Å². The highest BCUT2D eigenvalue weighted by Gasteiger charge is 2.07. The molecule has 0 unspecified atom stereocenters. The van der Waals surface area contributed by atoms with Gasteiger partial charge < -0.3 is 4.74 Å². The second-order valence-electron chi connectivity index (χ2n) is 5.01. The summed E-state index contributed by atoms with van der Waals surface area (Å²) in [5, 5.41) is 0.630. The van der Waals surface area contributed by atoms with E-state index < -0.39 is 17.1 Å². The van der Waals surface area contributed by atoms with Crippen LogP contribution in [0.1, 0.15) is 5.56 Å². The van der Waals surface area contributed by atoms with Crippen LogP contribution in [0.25, 0.3) is 5.69 Å². The fraction of sp³-hybridized carbons (Fsp3) is 0.0588. The van der Waals surface area contributed by atoms with E-state index in [9.17, 15) is 14.0 Å². The van der Waals surface area contributed by atoms with Crippen molar-refractivity contribution in [1.29, 1.82) is 0 Å². The molecule has 5 nitrogen and oxygen atoms in total. The molecule has 1 aromatic carbocycles. The van der Waals surface area contributed by atoms with Crippen molar-refractivity contribution < 1.29 is 9.13 Å². The Bertz CT molecular complexity index is 980. The third-order valence-electron chi connectivity index (χ3n) is 3.32. The number of rotatable bonds is 4. The van der Waals surface area contributed by atoms with Gasteiger partial charge in [0.05, 0.1) is 0 Å². The van der Waals surface area contributed by atoms with E-state index in [0.29, 0.717) is 10.8 Å². The van der Waals surface area contributed by atoms with Crippen LogP contribution in [0.5, 0.6) is 5.75 Å². The molecule has 0 saturated carbocycles. The molecule has 2 aromatic heterocycles. The minimum Gasteiger partial charge on any atom is -0.489 e. The van der Waals surface area contributed by atoms with Gasteiger partial charge in [-0.3, -0.25) is 19.1 Å². The van der Waals surface area contributed by atoms with Crippen LogP contribution in [-0.4, -0.2) is 9.55 Å². The van der Waals surface area contributed by atoms with Crippen LogP contribution in [0.2, 0.25) is 5.02 Å². The van der Waals surface area contributed by atoms with Crippen molar-refractivity contribution in [2.45, 2.75) is 6.61 Å². The van der Waals surface area contributed by atoms with Gasteiger partial charge in [0.1, 0.15) is 18.0 Å². The monoisotopic (exact) mass is 346 g/mol. The molecular formula is C17H12ClFN2O3. The van der Waals surface area contributed by atoms with Crippen molar-refractivity contribution in [3.8, 4) is 11.4 Å². The average Bonchev–Trinajstić information content (AvgIpc) is 2.55. The lowest BCUT2D eigenvalue weighted by Gasteiger charge is -2.08. The zero-order chi connectivity index (χ0) is 17.1. The Labute approximate surface area is 140 Å². The number of aromatic nitrogens is 2. The Hall–Kier alpha value is -2.86. The zero-order valence-electron chi connectivity index (χ0n) is 12.3. The van der Waals surface area contributed by atoms with E-state index >= 15 is 0 Å². The third-order valence-corrected chi connectivity index (χ3v) is 3.57. The molecule has 2 heterocycles. The molecule has 3 aromatic rings. The standard InChI is InChI=1S/C17H12ClFN2O3/c18-12-3-1-11(2-4-12)10-24-13-7-8-21(16(22)9-13)14-5-6-15(19)20-17(14)23/h1-9H,10H2,(H,20,23). The lowest BCUT2D eigenvalue weighted by Crippen LogP contribution is -2.24. The minimum absolute atomic E-state index is 0.0330. The van der Waals surface area contributed by atoms with Crippen molar-refractivity contribution in [1.82, 2.24) is 9.55 Å².